The minimum atomic E-state index is -2.35. The van der Waals surface area contributed by atoms with Crippen molar-refractivity contribution in [2.75, 3.05) is 0 Å². The van der Waals surface area contributed by atoms with Gasteiger partial charge >= 0.3 is 0 Å². The van der Waals surface area contributed by atoms with E-state index in [4.69, 9.17) is 0 Å². The zero-order valence-corrected chi connectivity index (χ0v) is 7.17. The van der Waals surface area contributed by atoms with Crippen LogP contribution in [0.1, 0.15) is 25.6 Å². The topological polar surface area (TPSA) is 17.8 Å². The zero-order valence-electron chi connectivity index (χ0n) is 7.17. The molecule has 0 amide bonds. The highest BCUT2D eigenvalue weighted by Gasteiger charge is 2.16. The third-order valence-electron chi connectivity index (χ3n) is 1.81. The van der Waals surface area contributed by atoms with Gasteiger partial charge < -0.3 is 0 Å². The predicted molar refractivity (Wildman–Crippen MR) is 42.3 cm³/mol. The third kappa shape index (κ3) is 1.81. The molecule has 68 valence electrons. The Morgan fingerprint density at radius 1 is 1.58 bits per heavy atom. The number of hydrogen-bond donors (Lipinski definition) is 0. The molecule has 0 saturated heterocycles. The molecule has 0 spiro atoms. The summed E-state index contributed by atoms with van der Waals surface area (Å²) in [6.07, 6.45) is 0.0214. The van der Waals surface area contributed by atoms with E-state index in [0.717, 1.165) is 12.1 Å². The van der Waals surface area contributed by atoms with Gasteiger partial charge in [-0.3, -0.25) is 4.68 Å². The van der Waals surface area contributed by atoms with E-state index in [1.54, 1.807) is 12.3 Å². The van der Waals surface area contributed by atoms with Crippen LogP contribution in [0.15, 0.2) is 12.3 Å². The number of halogens is 2. The molecule has 0 fully saturated rings. The lowest BCUT2D eigenvalue weighted by Gasteiger charge is -2.09. The van der Waals surface area contributed by atoms with Crippen molar-refractivity contribution < 1.29 is 8.78 Å². The lowest BCUT2D eigenvalue weighted by atomic mass is 10.3. The van der Waals surface area contributed by atoms with Gasteiger partial charge in [-0.05, 0) is 19.4 Å². The second-order valence-corrected chi connectivity index (χ2v) is 2.72. The maximum atomic E-state index is 12.2. The summed E-state index contributed by atoms with van der Waals surface area (Å²) in [4.78, 5) is 0. The van der Waals surface area contributed by atoms with Crippen LogP contribution < -0.4 is 0 Å². The van der Waals surface area contributed by atoms with E-state index in [2.05, 4.69) is 5.10 Å². The van der Waals surface area contributed by atoms with E-state index < -0.39 is 12.5 Å². The molecule has 4 heteroatoms. The highest BCUT2D eigenvalue weighted by atomic mass is 19.3. The summed E-state index contributed by atoms with van der Waals surface area (Å²) in [6.45, 7) is 3.40. The molecule has 0 bridgehead atoms. The first-order valence-electron chi connectivity index (χ1n) is 3.97. The Balaban J connectivity index is 2.74. The van der Waals surface area contributed by atoms with E-state index in [-0.39, 0.29) is 0 Å². The average molecular weight is 174 g/mol. The first kappa shape index (κ1) is 9.16. The summed E-state index contributed by atoms with van der Waals surface area (Å²) < 4.78 is 25.6. The van der Waals surface area contributed by atoms with E-state index >= 15 is 0 Å². The Morgan fingerprint density at radius 3 is 2.67 bits per heavy atom. The van der Waals surface area contributed by atoms with E-state index in [9.17, 15) is 8.78 Å². The van der Waals surface area contributed by atoms with Crippen LogP contribution in [0.4, 0.5) is 8.78 Å². The Hall–Kier alpha value is -0.930. The molecule has 1 atom stereocenters. The molecule has 12 heavy (non-hydrogen) atoms. The smallest absolute Gasteiger partial charge is 0.260 e. The Morgan fingerprint density at radius 2 is 2.25 bits per heavy atom. The van der Waals surface area contributed by atoms with Crippen LogP contribution in [0.2, 0.25) is 0 Å². The Labute approximate surface area is 70.2 Å². The molecule has 1 heterocycles. The fourth-order valence-electron chi connectivity index (χ4n) is 0.908. The van der Waals surface area contributed by atoms with Gasteiger partial charge in [0, 0.05) is 6.20 Å². The van der Waals surface area contributed by atoms with Gasteiger partial charge in [0.15, 0.2) is 0 Å². The van der Waals surface area contributed by atoms with Crippen molar-refractivity contribution in [3.05, 3.63) is 18.0 Å². The zero-order chi connectivity index (χ0) is 9.14. The minimum absolute atomic E-state index is 0.781. The molecule has 0 aliphatic carbocycles. The molecule has 1 aromatic rings. The lowest BCUT2D eigenvalue weighted by molar-refractivity contribution is 0.0853. The van der Waals surface area contributed by atoms with Gasteiger partial charge in [0.25, 0.3) is 6.43 Å². The lowest BCUT2D eigenvalue weighted by Crippen LogP contribution is -2.14. The van der Waals surface area contributed by atoms with Gasteiger partial charge in [0.1, 0.15) is 6.04 Å². The van der Waals surface area contributed by atoms with Gasteiger partial charge in [0.05, 0.1) is 5.69 Å². The number of aryl methyl sites for hydroxylation is 1. The van der Waals surface area contributed by atoms with E-state index in [1.807, 2.05) is 6.92 Å². The first-order chi connectivity index (χ1) is 5.65. The van der Waals surface area contributed by atoms with Gasteiger partial charge in [-0.15, -0.1) is 0 Å². The fraction of sp³-hybridized carbons (Fsp3) is 0.625. The SMILES string of the molecule is CCc1ccn(C(C)C(F)F)n1. The van der Waals surface area contributed by atoms with Gasteiger partial charge in [-0.1, -0.05) is 6.92 Å². The van der Waals surface area contributed by atoms with Crippen molar-refractivity contribution >= 4 is 0 Å². The number of aromatic nitrogens is 2. The molecule has 1 unspecified atom stereocenters. The van der Waals surface area contributed by atoms with Gasteiger partial charge in [-0.2, -0.15) is 5.10 Å². The van der Waals surface area contributed by atoms with Crippen molar-refractivity contribution in [1.29, 1.82) is 0 Å². The summed E-state index contributed by atoms with van der Waals surface area (Å²) in [5.74, 6) is 0. The van der Waals surface area contributed by atoms with Crippen LogP contribution in [0.5, 0.6) is 0 Å². The first-order valence-corrected chi connectivity index (χ1v) is 3.97. The number of rotatable bonds is 3. The van der Waals surface area contributed by atoms with Crippen LogP contribution in [0.3, 0.4) is 0 Å². The quantitative estimate of drug-likeness (QED) is 0.687. The minimum Gasteiger partial charge on any atom is -0.264 e. The standard InChI is InChI=1S/C8H12F2N2/c1-3-7-4-5-12(11-7)6(2)8(9)10/h4-6,8H,3H2,1-2H3. The molecule has 0 saturated carbocycles. The molecule has 1 rings (SSSR count). The number of nitrogens with zero attached hydrogens (tertiary/aromatic N) is 2. The van der Waals surface area contributed by atoms with E-state index in [0.29, 0.717) is 0 Å². The van der Waals surface area contributed by atoms with Crippen LogP contribution in [0.25, 0.3) is 0 Å². The molecular weight excluding hydrogens is 162 g/mol. The molecule has 0 radical (unpaired) electrons. The molecule has 1 aromatic heterocycles. The van der Waals surface area contributed by atoms with E-state index in [1.165, 1.54) is 11.6 Å². The molecule has 0 aliphatic rings. The monoisotopic (exact) mass is 174 g/mol. The second-order valence-electron chi connectivity index (χ2n) is 2.72. The van der Waals surface area contributed by atoms with Gasteiger partial charge in [0.2, 0.25) is 0 Å². The number of alkyl halides is 2. The van der Waals surface area contributed by atoms with Gasteiger partial charge in [-0.25, -0.2) is 8.78 Å². The van der Waals surface area contributed by atoms with Crippen molar-refractivity contribution in [2.24, 2.45) is 0 Å². The van der Waals surface area contributed by atoms with Crippen molar-refractivity contribution in [2.45, 2.75) is 32.7 Å². The average Bonchev–Trinajstić information content (AvgIpc) is 2.50. The molecule has 0 aliphatic heterocycles. The maximum Gasteiger partial charge on any atom is 0.260 e. The summed E-state index contributed by atoms with van der Waals surface area (Å²) in [5.41, 5.74) is 0.850. The van der Waals surface area contributed by atoms with Crippen LogP contribution >= 0.6 is 0 Å². The van der Waals surface area contributed by atoms with Crippen molar-refractivity contribution in [3.8, 4) is 0 Å². The van der Waals surface area contributed by atoms with Crippen LogP contribution in [-0.4, -0.2) is 16.2 Å². The van der Waals surface area contributed by atoms with Crippen molar-refractivity contribution in [3.63, 3.8) is 0 Å². The van der Waals surface area contributed by atoms with Crippen LogP contribution in [-0.2, 0) is 6.42 Å². The maximum absolute atomic E-state index is 12.2. The summed E-state index contributed by atoms with van der Waals surface area (Å²) in [6, 6.07) is 0.934. The molecule has 0 aromatic carbocycles. The van der Waals surface area contributed by atoms with Crippen LogP contribution in [0, 0.1) is 0 Å². The highest BCUT2D eigenvalue weighted by molar-refractivity contribution is 4.98. The summed E-state index contributed by atoms with van der Waals surface area (Å²) in [5, 5.41) is 3.99. The summed E-state index contributed by atoms with van der Waals surface area (Å²) in [7, 11) is 0. The second kappa shape index (κ2) is 3.65. The normalized spacial score (nSPS) is 13.8. The highest BCUT2D eigenvalue weighted by Crippen LogP contribution is 2.14. The Bertz CT molecular complexity index is 245. The fourth-order valence-corrected chi connectivity index (χ4v) is 0.908. The predicted octanol–water partition coefficient (Wildman–Crippen LogP) is 2.27. The van der Waals surface area contributed by atoms with Crippen molar-refractivity contribution in [1.82, 2.24) is 9.78 Å². The molecular formula is C8H12F2N2. The Kier molecular flexibility index (Phi) is 2.78. The molecule has 0 N–H and O–H groups in total. The largest absolute Gasteiger partial charge is 0.264 e. The molecule has 2 nitrogen and oxygen atoms in total. The third-order valence-corrected chi connectivity index (χ3v) is 1.81. The number of hydrogen-bond acceptors (Lipinski definition) is 1. The summed E-state index contributed by atoms with van der Waals surface area (Å²) >= 11 is 0.